The van der Waals surface area contributed by atoms with Gasteiger partial charge in [-0.1, -0.05) is 12.1 Å². The predicted molar refractivity (Wildman–Crippen MR) is 84.3 cm³/mol. The summed E-state index contributed by atoms with van der Waals surface area (Å²) in [6.07, 6.45) is 0. The Hall–Kier alpha value is -1.76. The number of rotatable bonds is 4. The zero-order chi connectivity index (χ0) is 15.9. The van der Waals surface area contributed by atoms with E-state index in [4.69, 9.17) is 0 Å². The van der Waals surface area contributed by atoms with Gasteiger partial charge in [0.1, 0.15) is 5.82 Å². The van der Waals surface area contributed by atoms with Crippen molar-refractivity contribution in [2.24, 2.45) is 0 Å². The number of urea groups is 1. The molecule has 22 heavy (non-hydrogen) atoms. The van der Waals surface area contributed by atoms with Gasteiger partial charge in [-0.2, -0.15) is 0 Å². The summed E-state index contributed by atoms with van der Waals surface area (Å²) in [6.45, 7) is 4.57. The normalized spacial score (nSPS) is 14.8. The van der Waals surface area contributed by atoms with Crippen LogP contribution in [0, 0.1) is 5.82 Å². The number of carbonyl (C=O) groups excluding carboxylic acids is 2. The van der Waals surface area contributed by atoms with Crippen LogP contribution in [0.5, 0.6) is 0 Å². The molecule has 0 bridgehead atoms. The molecule has 1 aliphatic heterocycles. The average molecular weight is 325 g/mol. The van der Waals surface area contributed by atoms with Crippen molar-refractivity contribution in [3.05, 3.63) is 30.1 Å². The number of hydrogen-bond acceptors (Lipinski definition) is 3. The zero-order valence-corrected chi connectivity index (χ0v) is 13.4. The van der Waals surface area contributed by atoms with Gasteiger partial charge in [0.2, 0.25) is 5.91 Å². The molecule has 1 aromatic carbocycles. The minimum absolute atomic E-state index is 0.0243. The lowest BCUT2D eigenvalue weighted by Crippen LogP contribution is -2.53. The van der Waals surface area contributed by atoms with E-state index >= 15 is 0 Å². The molecule has 2 rings (SSSR count). The smallest absolute Gasteiger partial charge is 0.317 e. The van der Waals surface area contributed by atoms with Crippen molar-refractivity contribution in [3.8, 4) is 0 Å². The van der Waals surface area contributed by atoms with Crippen molar-refractivity contribution in [3.63, 3.8) is 0 Å². The highest BCUT2D eigenvalue weighted by Gasteiger charge is 2.23. The van der Waals surface area contributed by atoms with Gasteiger partial charge < -0.3 is 15.1 Å². The summed E-state index contributed by atoms with van der Waals surface area (Å²) in [5, 5.41) is 2.75. The standard InChI is InChI=1S/C15H20FN3O2S/c1-2-17-15(21)19-9-7-18(8-10-19)14(20)11-22-13-6-4-3-5-12(13)16/h3-6H,2,7-11H2,1H3,(H,17,21). The molecule has 1 N–H and O–H groups in total. The van der Waals surface area contributed by atoms with E-state index in [1.807, 2.05) is 6.92 Å². The van der Waals surface area contributed by atoms with Gasteiger partial charge in [-0.05, 0) is 19.1 Å². The lowest BCUT2D eigenvalue weighted by atomic mass is 10.3. The maximum Gasteiger partial charge on any atom is 0.317 e. The number of nitrogens with one attached hydrogen (secondary N) is 1. The number of carbonyl (C=O) groups is 2. The second kappa shape index (κ2) is 8.03. The van der Waals surface area contributed by atoms with Gasteiger partial charge in [0.05, 0.1) is 5.75 Å². The van der Waals surface area contributed by atoms with Crippen LogP contribution in [-0.2, 0) is 4.79 Å². The van der Waals surface area contributed by atoms with Gasteiger partial charge >= 0.3 is 6.03 Å². The van der Waals surface area contributed by atoms with Crippen LogP contribution in [0.2, 0.25) is 0 Å². The van der Waals surface area contributed by atoms with Crippen LogP contribution in [0.25, 0.3) is 0 Å². The number of benzene rings is 1. The molecule has 1 saturated heterocycles. The van der Waals surface area contributed by atoms with Gasteiger partial charge in [0, 0.05) is 37.6 Å². The van der Waals surface area contributed by atoms with Crippen LogP contribution in [0.1, 0.15) is 6.92 Å². The van der Waals surface area contributed by atoms with Crippen LogP contribution >= 0.6 is 11.8 Å². The summed E-state index contributed by atoms with van der Waals surface area (Å²) in [4.78, 5) is 27.8. The zero-order valence-electron chi connectivity index (χ0n) is 12.5. The first-order valence-electron chi connectivity index (χ1n) is 7.29. The second-order valence-corrected chi connectivity index (χ2v) is 5.94. The number of halogens is 1. The molecule has 1 aliphatic rings. The first-order valence-corrected chi connectivity index (χ1v) is 8.28. The fourth-order valence-electron chi connectivity index (χ4n) is 2.21. The van der Waals surface area contributed by atoms with Crippen LogP contribution in [0.4, 0.5) is 9.18 Å². The summed E-state index contributed by atoms with van der Waals surface area (Å²) in [5.74, 6) is -0.118. The van der Waals surface area contributed by atoms with Crippen molar-refractivity contribution in [2.45, 2.75) is 11.8 Å². The van der Waals surface area contributed by atoms with Gasteiger partial charge in [0.25, 0.3) is 0 Å². The van der Waals surface area contributed by atoms with E-state index < -0.39 is 0 Å². The molecule has 120 valence electrons. The Labute approximate surface area is 133 Å². The number of thioether (sulfide) groups is 1. The largest absolute Gasteiger partial charge is 0.338 e. The van der Waals surface area contributed by atoms with E-state index in [1.54, 1.807) is 28.0 Å². The predicted octanol–water partition coefficient (Wildman–Crippen LogP) is 1.79. The number of nitrogens with zero attached hydrogens (tertiary/aromatic N) is 2. The second-order valence-electron chi connectivity index (χ2n) is 4.92. The van der Waals surface area contributed by atoms with E-state index in [-0.39, 0.29) is 23.5 Å². The van der Waals surface area contributed by atoms with Crippen molar-refractivity contribution in [1.82, 2.24) is 15.1 Å². The number of piperazine rings is 1. The van der Waals surface area contributed by atoms with E-state index in [0.29, 0.717) is 37.6 Å². The highest BCUT2D eigenvalue weighted by molar-refractivity contribution is 8.00. The van der Waals surface area contributed by atoms with Crippen LogP contribution in [0.15, 0.2) is 29.2 Å². The minimum atomic E-state index is -0.304. The topological polar surface area (TPSA) is 52.7 Å². The molecule has 7 heteroatoms. The quantitative estimate of drug-likeness (QED) is 0.859. The summed E-state index contributed by atoms with van der Waals surface area (Å²) in [7, 11) is 0. The highest BCUT2D eigenvalue weighted by Crippen LogP contribution is 2.21. The molecule has 1 fully saturated rings. The number of hydrogen-bond donors (Lipinski definition) is 1. The van der Waals surface area contributed by atoms with Crippen molar-refractivity contribution in [1.29, 1.82) is 0 Å². The van der Waals surface area contributed by atoms with Crippen molar-refractivity contribution < 1.29 is 14.0 Å². The molecule has 5 nitrogen and oxygen atoms in total. The molecule has 1 aromatic rings. The van der Waals surface area contributed by atoms with Crippen molar-refractivity contribution >= 4 is 23.7 Å². The Morgan fingerprint density at radius 2 is 1.82 bits per heavy atom. The van der Waals surface area contributed by atoms with Gasteiger partial charge in [0.15, 0.2) is 0 Å². The Morgan fingerprint density at radius 3 is 2.45 bits per heavy atom. The molecule has 0 aliphatic carbocycles. The molecular weight excluding hydrogens is 305 g/mol. The highest BCUT2D eigenvalue weighted by atomic mass is 32.2. The molecule has 0 spiro atoms. The first kappa shape index (κ1) is 16.6. The van der Waals surface area contributed by atoms with Crippen LogP contribution in [0.3, 0.4) is 0 Å². The monoisotopic (exact) mass is 325 g/mol. The SMILES string of the molecule is CCNC(=O)N1CCN(C(=O)CSc2ccccc2F)CC1. The minimum Gasteiger partial charge on any atom is -0.338 e. The van der Waals surface area contributed by atoms with Crippen LogP contribution < -0.4 is 5.32 Å². The molecule has 1 heterocycles. The molecular formula is C15H20FN3O2S. The Kier molecular flexibility index (Phi) is 6.06. The Morgan fingerprint density at radius 1 is 1.18 bits per heavy atom. The lowest BCUT2D eigenvalue weighted by molar-refractivity contribution is -0.129. The first-order chi connectivity index (χ1) is 10.6. The maximum absolute atomic E-state index is 13.5. The van der Waals surface area contributed by atoms with Gasteiger partial charge in [-0.15, -0.1) is 11.8 Å². The van der Waals surface area contributed by atoms with E-state index in [9.17, 15) is 14.0 Å². The molecule has 0 radical (unpaired) electrons. The molecule has 0 unspecified atom stereocenters. The molecule has 0 saturated carbocycles. The fraction of sp³-hybridized carbons (Fsp3) is 0.467. The summed E-state index contributed by atoms with van der Waals surface area (Å²) >= 11 is 1.20. The third-order valence-corrected chi connectivity index (χ3v) is 4.47. The fourth-order valence-corrected chi connectivity index (χ4v) is 3.06. The molecule has 0 atom stereocenters. The number of amides is 3. The maximum atomic E-state index is 13.5. The van der Waals surface area contributed by atoms with Gasteiger partial charge in [-0.25, -0.2) is 9.18 Å². The average Bonchev–Trinajstić information content (AvgIpc) is 2.54. The third-order valence-electron chi connectivity index (χ3n) is 3.44. The third kappa shape index (κ3) is 4.37. The summed E-state index contributed by atoms with van der Waals surface area (Å²) < 4.78 is 13.5. The Balaban J connectivity index is 1.78. The van der Waals surface area contributed by atoms with Crippen molar-refractivity contribution in [2.75, 3.05) is 38.5 Å². The van der Waals surface area contributed by atoms with Crippen LogP contribution in [-0.4, -0.2) is 60.2 Å². The lowest BCUT2D eigenvalue weighted by Gasteiger charge is -2.34. The molecule has 3 amide bonds. The summed E-state index contributed by atoms with van der Waals surface area (Å²) in [5.41, 5.74) is 0. The van der Waals surface area contributed by atoms with E-state index in [1.165, 1.54) is 17.8 Å². The van der Waals surface area contributed by atoms with E-state index in [2.05, 4.69) is 5.32 Å². The van der Waals surface area contributed by atoms with E-state index in [0.717, 1.165) is 0 Å². The summed E-state index contributed by atoms with van der Waals surface area (Å²) in [6, 6.07) is 6.34. The van der Waals surface area contributed by atoms with Gasteiger partial charge in [-0.3, -0.25) is 4.79 Å². The molecule has 0 aromatic heterocycles. The Bertz CT molecular complexity index is 533.